The van der Waals surface area contributed by atoms with Crippen LogP contribution in [-0.4, -0.2) is 28.9 Å². The molecule has 6 nitrogen and oxygen atoms in total. The smallest absolute Gasteiger partial charge is 0.324 e. The van der Waals surface area contributed by atoms with Gasteiger partial charge < -0.3 is 20.3 Å². The quantitative estimate of drug-likeness (QED) is 0.468. The Morgan fingerprint density at radius 2 is 1.87 bits per heavy atom. The Morgan fingerprint density at radius 3 is 2.35 bits per heavy atom. The van der Waals surface area contributed by atoms with Crippen molar-refractivity contribution in [1.29, 1.82) is 0 Å². The maximum atomic E-state index is 13.1. The molecule has 2 atom stereocenters. The molecule has 128 valence electrons. The first-order valence-electron chi connectivity index (χ1n) is 6.78. The number of nitrogens with two attached hydrogens (primary N) is 1. The number of carboxylic acid groups (broad SMARTS) is 1. The number of halogens is 2. The zero-order valence-electron chi connectivity index (χ0n) is 13.0. The van der Waals surface area contributed by atoms with E-state index in [-0.39, 0.29) is 12.2 Å². The first-order valence-corrected chi connectivity index (χ1v) is 6.78. The van der Waals surface area contributed by atoms with Gasteiger partial charge in [-0.1, -0.05) is 6.07 Å². The van der Waals surface area contributed by atoms with Gasteiger partial charge in [0.25, 0.3) is 0 Å². The Labute approximate surface area is 132 Å². The maximum absolute atomic E-state index is 13.1. The molecular weight excluding hydrogens is 312 g/mol. The minimum absolute atomic E-state index is 0.243. The molecule has 0 radical (unpaired) electrons. The topological polar surface area (TPSA) is 98.9 Å². The zero-order chi connectivity index (χ0) is 17.8. The van der Waals surface area contributed by atoms with Crippen molar-refractivity contribution in [3.05, 3.63) is 35.4 Å². The summed E-state index contributed by atoms with van der Waals surface area (Å²) in [4.78, 5) is 23.1. The lowest BCUT2D eigenvalue weighted by Gasteiger charge is -2.25. The Kier molecular flexibility index (Phi) is 6.17. The summed E-state index contributed by atoms with van der Waals surface area (Å²) in [6.45, 7) is 4.46. The molecule has 1 aromatic carbocycles. The third kappa shape index (κ3) is 5.91. The highest BCUT2D eigenvalue weighted by Gasteiger charge is 2.37. The van der Waals surface area contributed by atoms with Crippen LogP contribution in [0.2, 0.25) is 0 Å². The molecule has 0 heterocycles. The van der Waals surface area contributed by atoms with Crippen LogP contribution in [0.3, 0.4) is 0 Å². The summed E-state index contributed by atoms with van der Waals surface area (Å²) in [7, 11) is 0. The second kappa shape index (κ2) is 7.47. The fourth-order valence-corrected chi connectivity index (χ4v) is 1.66. The van der Waals surface area contributed by atoms with Crippen LogP contribution in [0.15, 0.2) is 18.2 Å². The van der Waals surface area contributed by atoms with Crippen molar-refractivity contribution in [2.45, 2.75) is 39.2 Å². The lowest BCUT2D eigenvalue weighted by atomic mass is 10.1. The molecule has 0 spiro atoms. The van der Waals surface area contributed by atoms with Gasteiger partial charge in [-0.25, -0.2) is 8.78 Å². The van der Waals surface area contributed by atoms with Crippen LogP contribution in [0.1, 0.15) is 26.3 Å². The summed E-state index contributed by atoms with van der Waals surface area (Å²) in [5.74, 6) is -6.36. The highest BCUT2D eigenvalue weighted by molar-refractivity contribution is 5.94. The molecule has 0 aliphatic carbocycles. The van der Waals surface area contributed by atoms with E-state index in [0.29, 0.717) is 0 Å². The lowest BCUT2D eigenvalue weighted by molar-refractivity contribution is -0.174. The summed E-state index contributed by atoms with van der Waals surface area (Å²) < 4.78 is 36.0. The Morgan fingerprint density at radius 1 is 1.26 bits per heavy atom. The average Bonchev–Trinajstić information content (AvgIpc) is 2.37. The Balaban J connectivity index is 2.74. The molecule has 23 heavy (non-hydrogen) atoms. The van der Waals surface area contributed by atoms with E-state index in [0.717, 1.165) is 12.1 Å². The average molecular weight is 331 g/mol. The van der Waals surface area contributed by atoms with Gasteiger partial charge in [-0.05, 0) is 38.5 Å². The van der Waals surface area contributed by atoms with Crippen LogP contribution in [-0.2, 0) is 25.7 Å². The molecule has 0 saturated carbocycles. The van der Waals surface area contributed by atoms with Crippen molar-refractivity contribution in [2.75, 3.05) is 0 Å². The van der Waals surface area contributed by atoms with Gasteiger partial charge in [0, 0.05) is 0 Å². The van der Waals surface area contributed by atoms with Gasteiger partial charge in [0.05, 0.1) is 6.61 Å². The van der Waals surface area contributed by atoms with Crippen molar-refractivity contribution in [1.82, 2.24) is 0 Å². The van der Waals surface area contributed by atoms with Gasteiger partial charge in [-0.2, -0.15) is 0 Å². The molecule has 0 fully saturated rings. The van der Waals surface area contributed by atoms with Crippen molar-refractivity contribution in [2.24, 2.45) is 11.7 Å². The fourth-order valence-electron chi connectivity index (χ4n) is 1.66. The number of benzene rings is 1. The standard InChI is InChI=1S/C15H19F2NO5/c1-15(2,3)23-14(21)11(13(19)20)12(18)22-7-8-4-5-9(16)10(17)6-8/h4-6,11-12H,7,18H2,1-3H3,(H,19,20). The fraction of sp³-hybridized carbons (Fsp3) is 0.467. The summed E-state index contributed by atoms with van der Waals surface area (Å²) in [6, 6.07) is 3.06. The Bertz CT molecular complexity index is 586. The maximum Gasteiger partial charge on any atom is 0.324 e. The van der Waals surface area contributed by atoms with Gasteiger partial charge in [-0.15, -0.1) is 0 Å². The van der Waals surface area contributed by atoms with E-state index >= 15 is 0 Å². The predicted octanol–water partition coefficient (Wildman–Crippen LogP) is 1.81. The number of hydrogen-bond donors (Lipinski definition) is 2. The van der Waals surface area contributed by atoms with Crippen LogP contribution >= 0.6 is 0 Å². The van der Waals surface area contributed by atoms with E-state index in [1.54, 1.807) is 20.8 Å². The Hall–Kier alpha value is -2.06. The minimum atomic E-state index is -1.74. The van der Waals surface area contributed by atoms with E-state index in [1.165, 1.54) is 6.07 Å². The van der Waals surface area contributed by atoms with Gasteiger partial charge >= 0.3 is 11.9 Å². The molecule has 0 aliphatic heterocycles. The third-order valence-corrected chi connectivity index (χ3v) is 2.68. The van der Waals surface area contributed by atoms with Gasteiger partial charge in [0.15, 0.2) is 17.6 Å². The first-order chi connectivity index (χ1) is 10.5. The zero-order valence-corrected chi connectivity index (χ0v) is 13.0. The molecule has 0 amide bonds. The van der Waals surface area contributed by atoms with Crippen LogP contribution in [0.4, 0.5) is 8.78 Å². The minimum Gasteiger partial charge on any atom is -0.480 e. The van der Waals surface area contributed by atoms with Crippen LogP contribution < -0.4 is 5.73 Å². The molecule has 0 aliphatic rings. The number of ether oxygens (including phenoxy) is 2. The first kappa shape index (κ1) is 19.0. The predicted molar refractivity (Wildman–Crippen MR) is 76.1 cm³/mol. The molecule has 0 aromatic heterocycles. The third-order valence-electron chi connectivity index (χ3n) is 2.68. The van der Waals surface area contributed by atoms with Crippen LogP contribution in [0.5, 0.6) is 0 Å². The lowest BCUT2D eigenvalue weighted by Crippen LogP contribution is -2.45. The second-order valence-electron chi connectivity index (χ2n) is 5.87. The van der Waals surface area contributed by atoms with E-state index in [9.17, 15) is 18.4 Å². The number of carbonyl (C=O) groups excluding carboxylic acids is 1. The molecule has 1 aromatic rings. The summed E-state index contributed by atoms with van der Waals surface area (Å²) in [5, 5.41) is 9.12. The van der Waals surface area contributed by atoms with E-state index in [2.05, 4.69) is 0 Å². The number of hydrogen-bond acceptors (Lipinski definition) is 5. The van der Waals surface area contributed by atoms with Crippen molar-refractivity contribution >= 4 is 11.9 Å². The molecule has 0 bridgehead atoms. The largest absolute Gasteiger partial charge is 0.480 e. The molecule has 1 rings (SSSR count). The highest BCUT2D eigenvalue weighted by Crippen LogP contribution is 2.16. The summed E-state index contributed by atoms with van der Waals surface area (Å²) >= 11 is 0. The molecule has 0 saturated heterocycles. The monoisotopic (exact) mass is 331 g/mol. The van der Waals surface area contributed by atoms with Crippen LogP contribution in [0.25, 0.3) is 0 Å². The van der Waals surface area contributed by atoms with Gasteiger partial charge in [0.1, 0.15) is 11.8 Å². The van der Waals surface area contributed by atoms with E-state index in [4.69, 9.17) is 20.3 Å². The SMILES string of the molecule is CC(C)(C)OC(=O)C(C(=O)O)C(N)OCc1ccc(F)c(F)c1. The molecule has 3 N–H and O–H groups in total. The summed E-state index contributed by atoms with van der Waals surface area (Å²) in [6.07, 6.45) is -1.50. The van der Waals surface area contributed by atoms with E-state index < -0.39 is 41.3 Å². The number of aliphatic carboxylic acids is 1. The number of carbonyl (C=O) groups is 2. The second-order valence-corrected chi connectivity index (χ2v) is 5.87. The van der Waals surface area contributed by atoms with Gasteiger partial charge in [-0.3, -0.25) is 9.59 Å². The molecular formula is C15H19F2NO5. The van der Waals surface area contributed by atoms with Crippen molar-refractivity contribution in [3.63, 3.8) is 0 Å². The van der Waals surface area contributed by atoms with E-state index in [1.807, 2.05) is 0 Å². The normalized spacial score (nSPS) is 14.2. The van der Waals surface area contributed by atoms with Crippen molar-refractivity contribution in [3.8, 4) is 0 Å². The highest BCUT2D eigenvalue weighted by atomic mass is 19.2. The number of carboxylic acids is 1. The number of esters is 1. The summed E-state index contributed by atoms with van der Waals surface area (Å²) in [5.41, 5.74) is 4.94. The molecule has 2 unspecified atom stereocenters. The van der Waals surface area contributed by atoms with Crippen LogP contribution in [0, 0.1) is 17.6 Å². The molecule has 8 heteroatoms. The van der Waals surface area contributed by atoms with Crippen molar-refractivity contribution < 1.29 is 33.0 Å². The van der Waals surface area contributed by atoms with Gasteiger partial charge in [0.2, 0.25) is 0 Å². The number of rotatable bonds is 6.